The van der Waals surface area contributed by atoms with E-state index in [2.05, 4.69) is 5.32 Å². The summed E-state index contributed by atoms with van der Waals surface area (Å²) in [6.45, 7) is 3.90. The third-order valence-corrected chi connectivity index (χ3v) is 6.19. The average Bonchev–Trinajstić information content (AvgIpc) is 2.60. The van der Waals surface area contributed by atoms with Gasteiger partial charge in [0.15, 0.2) is 0 Å². The molecule has 0 heterocycles. The van der Waals surface area contributed by atoms with Crippen molar-refractivity contribution in [3.63, 3.8) is 0 Å². The zero-order valence-electron chi connectivity index (χ0n) is 14.5. The van der Waals surface area contributed by atoms with Gasteiger partial charge < -0.3 is 5.32 Å². The van der Waals surface area contributed by atoms with Gasteiger partial charge in [0.25, 0.3) is 10.0 Å². The molecule has 0 bridgehead atoms. The summed E-state index contributed by atoms with van der Waals surface area (Å²) < 4.78 is 27.3. The lowest BCUT2D eigenvalue weighted by molar-refractivity contribution is -0.119. The zero-order valence-corrected chi connectivity index (χ0v) is 16.8. The molecular weight excluding hydrogens is 395 g/mol. The highest BCUT2D eigenvalue weighted by Gasteiger charge is 2.27. The molecule has 0 saturated carbocycles. The maximum absolute atomic E-state index is 13.1. The molecule has 0 aliphatic rings. The predicted molar refractivity (Wildman–Crippen MR) is 105 cm³/mol. The maximum atomic E-state index is 13.1. The summed E-state index contributed by atoms with van der Waals surface area (Å²) in [6.07, 6.45) is 0.753. The molecule has 0 aliphatic heterocycles. The molecular formula is C18H20Cl2N2O3S. The molecule has 2 aromatic carbocycles. The van der Waals surface area contributed by atoms with Crippen LogP contribution in [0.1, 0.15) is 18.9 Å². The Balaban J connectivity index is 2.46. The summed E-state index contributed by atoms with van der Waals surface area (Å²) >= 11 is 12.0. The van der Waals surface area contributed by atoms with Gasteiger partial charge in [-0.1, -0.05) is 47.8 Å². The van der Waals surface area contributed by atoms with Gasteiger partial charge in [-0.25, -0.2) is 8.42 Å². The van der Waals surface area contributed by atoms with Gasteiger partial charge in [-0.05, 0) is 43.7 Å². The fourth-order valence-electron chi connectivity index (χ4n) is 2.24. The quantitative estimate of drug-likeness (QED) is 0.743. The van der Waals surface area contributed by atoms with E-state index >= 15 is 0 Å². The first kappa shape index (κ1) is 20.6. The highest BCUT2D eigenvalue weighted by molar-refractivity contribution is 7.92. The number of carbonyl (C=O) groups is 1. The molecule has 0 radical (unpaired) electrons. The monoisotopic (exact) mass is 414 g/mol. The van der Waals surface area contributed by atoms with E-state index in [9.17, 15) is 13.2 Å². The number of hydrogen-bond acceptors (Lipinski definition) is 3. The van der Waals surface area contributed by atoms with E-state index in [1.807, 2.05) is 13.8 Å². The lowest BCUT2D eigenvalue weighted by Gasteiger charge is -2.24. The summed E-state index contributed by atoms with van der Waals surface area (Å²) in [5.74, 6) is -0.395. The van der Waals surface area contributed by atoms with Crippen LogP contribution in [0.25, 0.3) is 0 Å². The van der Waals surface area contributed by atoms with E-state index in [1.54, 1.807) is 12.1 Å². The summed E-state index contributed by atoms with van der Waals surface area (Å²) in [4.78, 5) is 12.3. The Morgan fingerprint density at radius 3 is 2.31 bits per heavy atom. The number of carbonyl (C=O) groups excluding carboxylic acids is 1. The van der Waals surface area contributed by atoms with Crippen LogP contribution in [-0.4, -0.2) is 27.4 Å². The summed E-state index contributed by atoms with van der Waals surface area (Å²) in [7, 11) is -3.95. The van der Waals surface area contributed by atoms with Crippen molar-refractivity contribution in [1.82, 2.24) is 5.32 Å². The van der Waals surface area contributed by atoms with E-state index < -0.39 is 15.9 Å². The zero-order chi connectivity index (χ0) is 19.3. The minimum absolute atomic E-state index is 0.0949. The Kier molecular flexibility index (Phi) is 6.92. The number of nitrogens with zero attached hydrogens (tertiary/aromatic N) is 1. The summed E-state index contributed by atoms with van der Waals surface area (Å²) in [5.41, 5.74) is 1.21. The van der Waals surface area contributed by atoms with Crippen molar-refractivity contribution in [3.8, 4) is 0 Å². The molecule has 0 atom stereocenters. The predicted octanol–water partition coefficient (Wildman–Crippen LogP) is 4.02. The number of aryl methyl sites for hydroxylation is 1. The summed E-state index contributed by atoms with van der Waals surface area (Å²) in [5, 5.41) is 3.20. The van der Waals surface area contributed by atoms with Crippen molar-refractivity contribution >= 4 is 44.8 Å². The lowest BCUT2D eigenvalue weighted by Crippen LogP contribution is -2.41. The van der Waals surface area contributed by atoms with Crippen LogP contribution in [0.5, 0.6) is 0 Å². The highest BCUT2D eigenvalue weighted by Crippen LogP contribution is 2.30. The van der Waals surface area contributed by atoms with E-state index in [-0.39, 0.29) is 22.2 Å². The third-order valence-electron chi connectivity index (χ3n) is 3.66. The van der Waals surface area contributed by atoms with Gasteiger partial charge in [0.05, 0.1) is 20.6 Å². The first-order valence-electron chi connectivity index (χ1n) is 8.07. The molecule has 0 aromatic heterocycles. The van der Waals surface area contributed by atoms with Crippen LogP contribution in [-0.2, 0) is 14.8 Å². The molecule has 140 valence electrons. The van der Waals surface area contributed by atoms with Crippen molar-refractivity contribution in [1.29, 1.82) is 0 Å². The number of hydrogen-bond donors (Lipinski definition) is 1. The van der Waals surface area contributed by atoms with Gasteiger partial charge in [0, 0.05) is 6.54 Å². The van der Waals surface area contributed by atoms with Crippen molar-refractivity contribution in [2.24, 2.45) is 0 Å². The second-order valence-corrected chi connectivity index (χ2v) is 8.45. The Morgan fingerprint density at radius 2 is 1.73 bits per heavy atom. The van der Waals surface area contributed by atoms with E-state index in [1.165, 1.54) is 30.3 Å². The second kappa shape index (κ2) is 8.75. The fourth-order valence-corrected chi connectivity index (χ4v) is 3.95. The number of amides is 1. The minimum Gasteiger partial charge on any atom is -0.355 e. The van der Waals surface area contributed by atoms with Crippen molar-refractivity contribution in [3.05, 3.63) is 58.1 Å². The molecule has 1 amide bonds. The Morgan fingerprint density at radius 1 is 1.08 bits per heavy atom. The van der Waals surface area contributed by atoms with Gasteiger partial charge >= 0.3 is 0 Å². The SMILES string of the molecule is CCCNC(=O)CN(c1ccc(Cl)c(Cl)c1)S(=O)(=O)c1ccc(C)cc1. The van der Waals surface area contributed by atoms with Gasteiger partial charge in [-0.2, -0.15) is 0 Å². The molecule has 0 fully saturated rings. The smallest absolute Gasteiger partial charge is 0.264 e. The van der Waals surface area contributed by atoms with Crippen molar-refractivity contribution in [2.45, 2.75) is 25.2 Å². The third kappa shape index (κ3) is 4.90. The van der Waals surface area contributed by atoms with Crippen LogP contribution in [0, 0.1) is 6.92 Å². The van der Waals surface area contributed by atoms with E-state index in [0.717, 1.165) is 16.3 Å². The van der Waals surface area contributed by atoms with Gasteiger partial charge in [0.1, 0.15) is 6.54 Å². The molecule has 5 nitrogen and oxygen atoms in total. The molecule has 2 aromatic rings. The van der Waals surface area contributed by atoms with Crippen molar-refractivity contribution in [2.75, 3.05) is 17.4 Å². The number of sulfonamides is 1. The maximum Gasteiger partial charge on any atom is 0.264 e. The lowest BCUT2D eigenvalue weighted by atomic mass is 10.2. The second-order valence-electron chi connectivity index (χ2n) is 5.77. The summed E-state index contributed by atoms with van der Waals surface area (Å²) in [6, 6.07) is 10.9. The molecule has 8 heteroatoms. The van der Waals surface area contributed by atoms with Gasteiger partial charge in [-0.3, -0.25) is 9.10 Å². The number of halogens is 2. The standard InChI is InChI=1S/C18H20Cl2N2O3S/c1-3-10-21-18(23)12-22(14-6-9-16(19)17(20)11-14)26(24,25)15-7-4-13(2)5-8-15/h4-9,11H,3,10,12H2,1-2H3,(H,21,23). The van der Waals surface area contributed by atoms with Gasteiger partial charge in [-0.15, -0.1) is 0 Å². The fraction of sp³-hybridized carbons (Fsp3) is 0.278. The molecule has 0 saturated heterocycles. The normalized spacial score (nSPS) is 11.2. The number of anilines is 1. The Labute approximate surface area is 164 Å². The van der Waals surface area contributed by atoms with Crippen LogP contribution < -0.4 is 9.62 Å². The van der Waals surface area contributed by atoms with Crippen molar-refractivity contribution < 1.29 is 13.2 Å². The van der Waals surface area contributed by atoms with Gasteiger partial charge in [0.2, 0.25) is 5.91 Å². The van der Waals surface area contributed by atoms with E-state index in [0.29, 0.717) is 11.6 Å². The Hall–Kier alpha value is -1.76. The number of benzene rings is 2. The molecule has 2 rings (SSSR count). The molecule has 0 unspecified atom stereocenters. The molecule has 1 N–H and O–H groups in total. The molecule has 0 aliphatic carbocycles. The first-order chi connectivity index (χ1) is 12.3. The minimum atomic E-state index is -3.95. The van der Waals surface area contributed by atoms with Crippen LogP contribution in [0.4, 0.5) is 5.69 Å². The van der Waals surface area contributed by atoms with Crippen LogP contribution in [0.3, 0.4) is 0 Å². The van der Waals surface area contributed by atoms with Crippen LogP contribution >= 0.6 is 23.2 Å². The average molecular weight is 415 g/mol. The van der Waals surface area contributed by atoms with Crippen LogP contribution in [0.2, 0.25) is 10.0 Å². The topological polar surface area (TPSA) is 66.5 Å². The molecule has 26 heavy (non-hydrogen) atoms. The Bertz CT molecular complexity index is 884. The highest BCUT2D eigenvalue weighted by atomic mass is 35.5. The largest absolute Gasteiger partial charge is 0.355 e. The molecule has 0 spiro atoms. The number of nitrogens with one attached hydrogen (secondary N) is 1. The van der Waals surface area contributed by atoms with Crippen LogP contribution in [0.15, 0.2) is 47.4 Å². The number of rotatable bonds is 7. The first-order valence-corrected chi connectivity index (χ1v) is 10.3. The van der Waals surface area contributed by atoms with E-state index in [4.69, 9.17) is 23.2 Å².